The van der Waals surface area contributed by atoms with E-state index in [0.29, 0.717) is 31.9 Å². The van der Waals surface area contributed by atoms with Crippen LogP contribution in [0.25, 0.3) is 5.69 Å². The van der Waals surface area contributed by atoms with Gasteiger partial charge in [0.15, 0.2) is 5.16 Å². The molecule has 154 valence electrons. The minimum atomic E-state index is 0.112. The van der Waals surface area contributed by atoms with Crippen LogP contribution in [0, 0.1) is 19.8 Å². The van der Waals surface area contributed by atoms with Crippen LogP contribution in [0.5, 0.6) is 0 Å². The van der Waals surface area contributed by atoms with Gasteiger partial charge >= 0.3 is 0 Å². The molecule has 2 fully saturated rings. The zero-order valence-corrected chi connectivity index (χ0v) is 18.0. The first-order valence-electron chi connectivity index (χ1n) is 10.3. The summed E-state index contributed by atoms with van der Waals surface area (Å²) < 4.78 is 2.05. The molecule has 0 unspecified atom stereocenters. The van der Waals surface area contributed by atoms with Gasteiger partial charge in [-0.25, -0.2) is 4.98 Å². The highest BCUT2D eigenvalue weighted by Crippen LogP contribution is 2.29. The zero-order chi connectivity index (χ0) is 20.4. The van der Waals surface area contributed by atoms with Crippen molar-refractivity contribution >= 4 is 23.6 Å². The summed E-state index contributed by atoms with van der Waals surface area (Å²) in [6.07, 6.45) is 6.95. The average molecular weight is 413 g/mol. The molecule has 6 nitrogen and oxygen atoms in total. The Morgan fingerprint density at radius 1 is 1.10 bits per heavy atom. The molecule has 29 heavy (non-hydrogen) atoms. The normalized spacial score (nSPS) is 17.3. The van der Waals surface area contributed by atoms with Crippen molar-refractivity contribution in [2.24, 2.45) is 5.92 Å². The quantitative estimate of drug-likeness (QED) is 0.709. The predicted molar refractivity (Wildman–Crippen MR) is 114 cm³/mol. The third kappa shape index (κ3) is 4.20. The second kappa shape index (κ2) is 8.61. The van der Waals surface area contributed by atoms with Crippen LogP contribution in [-0.4, -0.2) is 63.1 Å². The topological polar surface area (TPSA) is 58.4 Å². The van der Waals surface area contributed by atoms with Crippen LogP contribution in [0.3, 0.4) is 0 Å². The average Bonchev–Trinajstić information content (AvgIpc) is 3.15. The summed E-state index contributed by atoms with van der Waals surface area (Å²) in [6, 6.07) is 6.22. The van der Waals surface area contributed by atoms with E-state index in [1.165, 1.54) is 29.3 Å². The Bertz CT molecular complexity index is 898. The highest BCUT2D eigenvalue weighted by atomic mass is 32.2. The molecule has 1 saturated heterocycles. The molecule has 1 aromatic heterocycles. The van der Waals surface area contributed by atoms with Crippen molar-refractivity contribution in [2.75, 3.05) is 31.9 Å². The monoisotopic (exact) mass is 412 g/mol. The lowest BCUT2D eigenvalue weighted by Crippen LogP contribution is -2.53. The van der Waals surface area contributed by atoms with Gasteiger partial charge in [0.1, 0.15) is 0 Å². The Morgan fingerprint density at radius 3 is 2.52 bits per heavy atom. The van der Waals surface area contributed by atoms with Gasteiger partial charge in [-0.2, -0.15) is 0 Å². The first kappa shape index (κ1) is 20.0. The van der Waals surface area contributed by atoms with Gasteiger partial charge in [-0.15, -0.1) is 0 Å². The van der Waals surface area contributed by atoms with Gasteiger partial charge in [0.05, 0.1) is 11.4 Å². The van der Waals surface area contributed by atoms with Crippen molar-refractivity contribution < 1.29 is 9.59 Å². The standard InChI is InChI=1S/C22H28N4O2S/c1-16-5-3-8-19(17(16)2)26-10-9-23-22(26)29-15-20(27)24-11-13-25(14-12-24)21(28)18-6-4-7-18/h3,5,8-10,18H,4,6-7,11-15H2,1-2H3. The molecule has 0 bridgehead atoms. The Balaban J connectivity index is 1.32. The number of thioether (sulfide) groups is 1. The van der Waals surface area contributed by atoms with Crippen molar-refractivity contribution in [1.29, 1.82) is 0 Å². The van der Waals surface area contributed by atoms with Gasteiger partial charge in [0, 0.05) is 44.5 Å². The molecule has 2 aromatic rings. The third-order valence-corrected chi connectivity index (χ3v) is 7.12. The van der Waals surface area contributed by atoms with Gasteiger partial charge in [-0.3, -0.25) is 14.2 Å². The predicted octanol–water partition coefficient (Wildman–Crippen LogP) is 3.05. The number of piperazine rings is 1. The fourth-order valence-electron chi connectivity index (χ4n) is 3.88. The molecule has 2 aliphatic rings. The minimum absolute atomic E-state index is 0.112. The molecule has 7 heteroatoms. The van der Waals surface area contributed by atoms with E-state index < -0.39 is 0 Å². The van der Waals surface area contributed by atoms with E-state index in [4.69, 9.17) is 0 Å². The number of hydrogen-bond acceptors (Lipinski definition) is 4. The number of hydrogen-bond donors (Lipinski definition) is 0. The molecule has 4 rings (SSSR count). The minimum Gasteiger partial charge on any atom is -0.339 e. The summed E-state index contributed by atoms with van der Waals surface area (Å²) in [5.41, 5.74) is 3.55. The molecule has 0 N–H and O–H groups in total. The maximum Gasteiger partial charge on any atom is 0.233 e. The number of aryl methyl sites for hydroxylation is 1. The fraction of sp³-hybridized carbons (Fsp3) is 0.500. The smallest absolute Gasteiger partial charge is 0.233 e. The second-order valence-corrected chi connectivity index (χ2v) is 8.86. The largest absolute Gasteiger partial charge is 0.339 e. The summed E-state index contributed by atoms with van der Waals surface area (Å²) in [7, 11) is 0. The summed E-state index contributed by atoms with van der Waals surface area (Å²) in [5.74, 6) is 0.990. The number of rotatable bonds is 5. The maximum atomic E-state index is 12.7. The maximum absolute atomic E-state index is 12.7. The van der Waals surface area contributed by atoms with Crippen molar-refractivity contribution in [3.8, 4) is 5.69 Å². The van der Waals surface area contributed by atoms with Crippen molar-refractivity contribution in [3.63, 3.8) is 0 Å². The van der Waals surface area contributed by atoms with Crippen LogP contribution in [0.2, 0.25) is 0 Å². The van der Waals surface area contributed by atoms with Gasteiger partial charge in [0.25, 0.3) is 0 Å². The number of nitrogens with zero attached hydrogens (tertiary/aromatic N) is 4. The second-order valence-electron chi connectivity index (χ2n) is 7.92. The van der Waals surface area contributed by atoms with Gasteiger partial charge in [0.2, 0.25) is 11.8 Å². The lowest BCUT2D eigenvalue weighted by atomic mass is 9.84. The molecule has 1 aliphatic heterocycles. The van der Waals surface area contributed by atoms with E-state index >= 15 is 0 Å². The summed E-state index contributed by atoms with van der Waals surface area (Å²) in [5, 5.41) is 0.825. The highest BCUT2D eigenvalue weighted by Gasteiger charge is 2.32. The van der Waals surface area contributed by atoms with E-state index in [-0.39, 0.29) is 17.7 Å². The summed E-state index contributed by atoms with van der Waals surface area (Å²) in [4.78, 5) is 33.3. The molecule has 0 radical (unpaired) electrons. The molecule has 1 aromatic carbocycles. The fourth-order valence-corrected chi connectivity index (χ4v) is 4.75. The number of aromatic nitrogens is 2. The Labute approximate surface area is 176 Å². The van der Waals surface area contributed by atoms with Crippen LogP contribution < -0.4 is 0 Å². The lowest BCUT2D eigenvalue weighted by molar-refractivity contribution is -0.143. The molecule has 1 aliphatic carbocycles. The Hall–Kier alpha value is -2.28. The van der Waals surface area contributed by atoms with Gasteiger partial charge < -0.3 is 9.80 Å². The van der Waals surface area contributed by atoms with Crippen LogP contribution in [0.15, 0.2) is 35.7 Å². The molecular weight excluding hydrogens is 384 g/mol. The Kier molecular flexibility index (Phi) is 5.94. The van der Waals surface area contributed by atoms with Crippen LogP contribution >= 0.6 is 11.8 Å². The van der Waals surface area contributed by atoms with Crippen LogP contribution in [-0.2, 0) is 9.59 Å². The van der Waals surface area contributed by atoms with Crippen molar-refractivity contribution in [2.45, 2.75) is 38.3 Å². The molecule has 2 amide bonds. The van der Waals surface area contributed by atoms with Crippen LogP contribution in [0.1, 0.15) is 30.4 Å². The first-order chi connectivity index (χ1) is 14.0. The van der Waals surface area contributed by atoms with Gasteiger partial charge in [-0.05, 0) is 43.9 Å². The number of carbonyl (C=O) groups is 2. The SMILES string of the molecule is Cc1cccc(-n2ccnc2SCC(=O)N2CCN(C(=O)C3CCC3)CC2)c1C. The number of amides is 2. The van der Waals surface area contributed by atoms with E-state index in [0.717, 1.165) is 23.7 Å². The van der Waals surface area contributed by atoms with E-state index in [2.05, 4.69) is 35.5 Å². The first-order valence-corrected chi connectivity index (χ1v) is 11.3. The number of benzene rings is 1. The summed E-state index contributed by atoms with van der Waals surface area (Å²) >= 11 is 1.47. The van der Waals surface area contributed by atoms with E-state index in [1.54, 1.807) is 6.20 Å². The number of imidazole rings is 1. The molecular formula is C22H28N4O2S. The summed E-state index contributed by atoms with van der Waals surface area (Å²) in [6.45, 7) is 6.77. The molecule has 2 heterocycles. The third-order valence-electron chi connectivity index (χ3n) is 6.17. The highest BCUT2D eigenvalue weighted by molar-refractivity contribution is 7.99. The zero-order valence-electron chi connectivity index (χ0n) is 17.1. The Morgan fingerprint density at radius 2 is 1.83 bits per heavy atom. The van der Waals surface area contributed by atoms with Crippen LogP contribution in [0.4, 0.5) is 0 Å². The van der Waals surface area contributed by atoms with Gasteiger partial charge in [-0.1, -0.05) is 30.3 Å². The molecule has 0 atom stereocenters. The number of carbonyl (C=O) groups excluding carboxylic acids is 2. The van der Waals surface area contributed by atoms with E-state index in [1.807, 2.05) is 22.1 Å². The molecule has 1 saturated carbocycles. The van der Waals surface area contributed by atoms with Crippen molar-refractivity contribution in [1.82, 2.24) is 19.4 Å². The lowest BCUT2D eigenvalue weighted by Gasteiger charge is -2.38. The van der Waals surface area contributed by atoms with Crippen molar-refractivity contribution in [3.05, 3.63) is 41.7 Å². The van der Waals surface area contributed by atoms with E-state index in [9.17, 15) is 9.59 Å². The molecule has 0 spiro atoms.